The number of ether oxygens (including phenoxy) is 1. The zero-order valence-electron chi connectivity index (χ0n) is 16.8. The van der Waals surface area contributed by atoms with Crippen LogP contribution in [0.25, 0.3) is 34.2 Å². The number of hydrogen-bond donors (Lipinski definition) is 1. The fraction of sp³-hybridized carbons (Fsp3) is 0. The van der Waals surface area contributed by atoms with Crippen LogP contribution in [0.15, 0.2) is 78.9 Å². The van der Waals surface area contributed by atoms with Crippen LogP contribution < -0.4 is 4.74 Å². The van der Waals surface area contributed by atoms with Crippen molar-refractivity contribution in [3.63, 3.8) is 0 Å². The molecule has 0 atom stereocenters. The first-order valence-corrected chi connectivity index (χ1v) is 9.57. The first-order valence-electron chi connectivity index (χ1n) is 9.57. The average molecular weight is 456 g/mol. The van der Waals surface area contributed by atoms with Gasteiger partial charge < -0.3 is 9.84 Å². The molecule has 1 heterocycles. The monoisotopic (exact) mass is 455 g/mol. The number of rotatable bonds is 4. The van der Waals surface area contributed by atoms with Gasteiger partial charge in [-0.25, -0.2) is 15.0 Å². The van der Waals surface area contributed by atoms with Crippen LogP contribution >= 0.6 is 0 Å². The molecule has 0 radical (unpaired) electrons. The molecule has 32 heavy (non-hydrogen) atoms. The van der Waals surface area contributed by atoms with Gasteiger partial charge in [-0.15, -0.1) is 6.42 Å². The third kappa shape index (κ3) is 4.74. The van der Waals surface area contributed by atoms with Gasteiger partial charge in [0.1, 0.15) is 17.6 Å². The maximum absolute atomic E-state index is 10.6. The first kappa shape index (κ1) is 20.2. The van der Waals surface area contributed by atoms with Gasteiger partial charge in [0.15, 0.2) is 17.5 Å². The number of nitrogens with zero attached hydrogens (tertiary/aromatic N) is 3. The lowest BCUT2D eigenvalue weighted by atomic mass is 10.1. The van der Waals surface area contributed by atoms with Gasteiger partial charge in [-0.3, -0.25) is 0 Å². The Hall–Kier alpha value is -5.05. The lowest BCUT2D eigenvalue weighted by Gasteiger charge is -2.09. The number of hydrogen-bond acceptors (Lipinski definition) is 5. The van der Waals surface area contributed by atoms with Crippen LogP contribution in [0.4, 0.5) is 0 Å². The predicted octanol–water partition coefficient (Wildman–Crippen LogP) is 9.72. The molecule has 0 bridgehead atoms. The molecule has 0 saturated heterocycles. The molecule has 0 aliphatic rings. The maximum atomic E-state index is 10.6. The molecule has 5 heteroatoms. The van der Waals surface area contributed by atoms with Gasteiger partial charge in [-0.1, -0.05) is 60.7 Å². The number of aromatic nitrogens is 3. The van der Waals surface area contributed by atoms with Crippen molar-refractivity contribution in [2.75, 3.05) is 0 Å². The Bertz CT molecular complexity index is 1410. The molecule has 0 saturated carbocycles. The smallest absolute Gasteiger partial charge is 0.167 e. The normalized spacial score (nSPS) is 9.47. The largest absolute Gasteiger partial charge is 0.507 e. The summed E-state index contributed by atoms with van der Waals surface area (Å²) in [4.78, 5) is 13.8. The zero-order chi connectivity index (χ0) is 22.2. The standard InChI is InChI=1S/C27H15N3O2.21H2/c1-2-3-4-11-18-32-22-16-17-23(24(31)19-22)27-29-25(20-12-7-5-8-13-20)28-26(30-27)21-14-9-6-10-15-21;;;;;;;;;;;;;;;;;;;;;/h1,5-10,12-17,19,31H;21*1H. The average Bonchev–Trinajstić information content (AvgIpc) is 2.85. The molecule has 0 fully saturated rings. The topological polar surface area (TPSA) is 68.1 Å². The van der Waals surface area contributed by atoms with Crippen molar-refractivity contribution >= 4 is 0 Å². The number of benzene rings is 3. The van der Waals surface area contributed by atoms with E-state index in [0.29, 0.717) is 28.8 Å². The number of terminal acetylenes is 1. The molecule has 0 unspecified atom stereocenters. The summed E-state index contributed by atoms with van der Waals surface area (Å²) in [5.74, 6) is 11.1. The van der Waals surface area contributed by atoms with Gasteiger partial charge in [0.2, 0.25) is 0 Å². The van der Waals surface area contributed by atoms with Crippen LogP contribution in [0, 0.1) is 36.2 Å². The van der Waals surface area contributed by atoms with E-state index >= 15 is 0 Å². The Morgan fingerprint density at radius 1 is 0.719 bits per heavy atom. The summed E-state index contributed by atoms with van der Waals surface area (Å²) in [7, 11) is 0. The highest BCUT2D eigenvalue weighted by Gasteiger charge is 2.15. The van der Waals surface area contributed by atoms with Crippen molar-refractivity contribution in [2.45, 2.75) is 0 Å². The van der Waals surface area contributed by atoms with E-state index in [4.69, 9.17) is 11.2 Å². The second kappa shape index (κ2) is 9.63. The minimum Gasteiger partial charge on any atom is -0.507 e. The highest BCUT2D eigenvalue weighted by Crippen LogP contribution is 2.32. The van der Waals surface area contributed by atoms with Crippen molar-refractivity contribution in [3.8, 4) is 81.9 Å². The summed E-state index contributed by atoms with van der Waals surface area (Å²) < 4.78 is 5.27. The zero-order valence-corrected chi connectivity index (χ0v) is 16.8. The second-order valence-electron chi connectivity index (χ2n) is 6.44. The molecular formula is C27H57N3O2. The summed E-state index contributed by atoms with van der Waals surface area (Å²) in [6.07, 6.45) is 7.44. The van der Waals surface area contributed by atoms with Crippen LogP contribution in [0.2, 0.25) is 0 Å². The van der Waals surface area contributed by atoms with E-state index in [1.165, 1.54) is 6.07 Å². The SMILES string of the molecule is C#CC#CC#COc1ccc(-c2nc(-c3ccccc3)nc(-c3ccccc3)n2)c(O)c1.[HH].[HH].[HH].[HH].[HH].[HH].[HH].[HH].[HH].[HH].[HH].[HH].[HH].[HH].[HH].[HH].[HH].[HH].[HH].[HH].[HH]. The molecule has 5 nitrogen and oxygen atoms in total. The van der Waals surface area contributed by atoms with Crippen LogP contribution in [0.5, 0.6) is 11.5 Å². The van der Waals surface area contributed by atoms with Crippen molar-refractivity contribution in [1.29, 1.82) is 0 Å². The van der Waals surface area contributed by atoms with E-state index < -0.39 is 0 Å². The van der Waals surface area contributed by atoms with Crippen molar-refractivity contribution in [1.82, 2.24) is 15.0 Å². The lowest BCUT2D eigenvalue weighted by Crippen LogP contribution is -2.00. The Kier molecular flexibility index (Phi) is 6.09. The van der Waals surface area contributed by atoms with E-state index in [-0.39, 0.29) is 35.7 Å². The minimum absolute atomic E-state index is 0. The fourth-order valence-electron chi connectivity index (χ4n) is 2.87. The molecule has 1 N–H and O–H groups in total. The highest BCUT2D eigenvalue weighted by atomic mass is 16.5. The fourth-order valence-corrected chi connectivity index (χ4v) is 2.87. The van der Waals surface area contributed by atoms with Gasteiger partial charge in [-0.05, 0) is 24.0 Å². The number of phenols is 1. The van der Waals surface area contributed by atoms with Crippen molar-refractivity contribution in [2.24, 2.45) is 0 Å². The van der Waals surface area contributed by atoms with Crippen molar-refractivity contribution in [3.05, 3.63) is 78.9 Å². The number of aromatic hydroxyl groups is 1. The van der Waals surface area contributed by atoms with E-state index in [1.807, 2.05) is 60.7 Å². The molecule has 0 aliphatic heterocycles. The molecule has 3 aromatic carbocycles. The second-order valence-corrected chi connectivity index (χ2v) is 6.44. The number of phenolic OH excluding ortho intramolecular Hbond substituents is 1. The summed E-state index contributed by atoms with van der Waals surface area (Å²) in [5, 5.41) is 10.6. The Labute approximate surface area is 217 Å². The van der Waals surface area contributed by atoms with E-state index in [9.17, 15) is 5.11 Å². The summed E-state index contributed by atoms with van der Waals surface area (Å²) in [6.45, 7) is 0. The van der Waals surface area contributed by atoms with Crippen LogP contribution in [-0.2, 0) is 0 Å². The van der Waals surface area contributed by atoms with Crippen LogP contribution in [0.3, 0.4) is 0 Å². The summed E-state index contributed by atoms with van der Waals surface area (Å²) in [5.41, 5.74) is 2.13. The van der Waals surface area contributed by atoms with Crippen molar-refractivity contribution < 1.29 is 39.8 Å². The molecule has 0 spiro atoms. The van der Waals surface area contributed by atoms with Gasteiger partial charge in [0.25, 0.3) is 0 Å². The molecule has 4 rings (SSSR count). The molecule has 0 amide bonds. The molecule has 0 aliphatic carbocycles. The predicted molar refractivity (Wildman–Crippen MR) is 167 cm³/mol. The highest BCUT2D eigenvalue weighted by molar-refractivity contribution is 5.70. The van der Waals surface area contributed by atoms with E-state index in [2.05, 4.69) is 44.7 Å². The third-order valence-corrected chi connectivity index (χ3v) is 4.33. The Morgan fingerprint density at radius 3 is 1.88 bits per heavy atom. The lowest BCUT2D eigenvalue weighted by molar-refractivity contribution is 0.466. The Morgan fingerprint density at radius 2 is 1.31 bits per heavy atom. The van der Waals surface area contributed by atoms with Gasteiger partial charge in [0, 0.05) is 59.0 Å². The first-order chi connectivity index (χ1) is 15.7. The summed E-state index contributed by atoms with van der Waals surface area (Å²) >= 11 is 0. The van der Waals surface area contributed by atoms with E-state index in [0.717, 1.165) is 11.1 Å². The minimum atomic E-state index is -0.0526. The van der Waals surface area contributed by atoms with Gasteiger partial charge in [0.05, 0.1) is 5.56 Å². The third-order valence-electron chi connectivity index (χ3n) is 4.33. The molecule has 4 aromatic rings. The maximum Gasteiger partial charge on any atom is 0.167 e. The van der Waals surface area contributed by atoms with E-state index in [1.54, 1.807) is 12.1 Å². The summed E-state index contributed by atoms with van der Waals surface area (Å²) in [6, 6.07) is 24.0. The van der Waals surface area contributed by atoms with Gasteiger partial charge >= 0.3 is 0 Å². The van der Waals surface area contributed by atoms with Crippen LogP contribution in [0.1, 0.15) is 30.0 Å². The molecule has 192 valence electrons. The Balaban J connectivity index is -0.0000000365. The molecule has 1 aromatic heterocycles. The van der Waals surface area contributed by atoms with Gasteiger partial charge in [-0.2, -0.15) is 0 Å². The quantitative estimate of drug-likeness (QED) is 0.310. The molecular weight excluding hydrogens is 398 g/mol. The van der Waals surface area contributed by atoms with Crippen LogP contribution in [-0.4, -0.2) is 20.1 Å².